The molecule has 0 saturated carbocycles. The van der Waals surface area contributed by atoms with Gasteiger partial charge in [-0.15, -0.1) is 15.0 Å². The molecule has 4 aromatic rings. The molecule has 0 spiro atoms. The third kappa shape index (κ3) is 3.16. The van der Waals surface area contributed by atoms with Crippen LogP contribution in [0.5, 0.6) is 0 Å². The van der Waals surface area contributed by atoms with Crippen LogP contribution in [-0.2, 0) is 0 Å². The van der Waals surface area contributed by atoms with Gasteiger partial charge >= 0.3 is 0 Å². The molecule has 0 N–H and O–H groups in total. The van der Waals surface area contributed by atoms with Crippen molar-refractivity contribution in [2.75, 3.05) is 0 Å². The van der Waals surface area contributed by atoms with Crippen LogP contribution in [0.4, 0.5) is 4.39 Å². The first kappa shape index (κ1) is 16.6. The summed E-state index contributed by atoms with van der Waals surface area (Å²) in [5.41, 5.74) is 2.16. The lowest BCUT2D eigenvalue weighted by Crippen LogP contribution is -2.00. The Hall–Kier alpha value is -2.83. The van der Waals surface area contributed by atoms with Gasteiger partial charge in [-0.05, 0) is 41.1 Å². The van der Waals surface area contributed by atoms with Gasteiger partial charge in [-0.3, -0.25) is 4.98 Å². The van der Waals surface area contributed by atoms with Crippen molar-refractivity contribution in [1.29, 1.82) is 0 Å². The first-order valence-electron chi connectivity index (χ1n) is 7.58. The highest BCUT2D eigenvalue weighted by molar-refractivity contribution is 6.43. The number of aromatic nitrogens is 5. The second kappa shape index (κ2) is 6.82. The Morgan fingerprint density at radius 2 is 1.85 bits per heavy atom. The molecule has 0 fully saturated rings. The summed E-state index contributed by atoms with van der Waals surface area (Å²) in [5, 5.41) is 13.0. The number of tetrazole rings is 1. The van der Waals surface area contributed by atoms with Gasteiger partial charge in [0.2, 0.25) is 5.82 Å². The number of halogens is 3. The predicted molar refractivity (Wildman–Crippen MR) is 97.8 cm³/mol. The lowest BCUT2D eigenvalue weighted by Gasteiger charge is -2.08. The van der Waals surface area contributed by atoms with Gasteiger partial charge in [0.1, 0.15) is 11.5 Å². The molecule has 128 valence electrons. The van der Waals surface area contributed by atoms with Gasteiger partial charge in [0.05, 0.1) is 15.7 Å². The summed E-state index contributed by atoms with van der Waals surface area (Å²) < 4.78 is 14.2. The van der Waals surface area contributed by atoms with Crippen molar-refractivity contribution in [2.45, 2.75) is 0 Å². The van der Waals surface area contributed by atoms with Gasteiger partial charge in [-0.2, -0.15) is 0 Å². The fraction of sp³-hybridized carbons (Fsp3) is 0. The van der Waals surface area contributed by atoms with Crippen LogP contribution in [0.3, 0.4) is 0 Å². The van der Waals surface area contributed by atoms with E-state index >= 15 is 0 Å². The second-order valence-electron chi connectivity index (χ2n) is 5.42. The van der Waals surface area contributed by atoms with E-state index in [4.69, 9.17) is 23.2 Å². The molecule has 2 aromatic carbocycles. The summed E-state index contributed by atoms with van der Waals surface area (Å²) in [5.74, 6) is -0.109. The minimum absolute atomic E-state index is 0.345. The maximum absolute atomic E-state index is 14.2. The van der Waals surface area contributed by atoms with E-state index in [-0.39, 0.29) is 0 Å². The van der Waals surface area contributed by atoms with E-state index in [0.29, 0.717) is 38.4 Å². The number of pyridine rings is 1. The smallest absolute Gasteiger partial charge is 0.223 e. The molecular formula is C18H10Cl2FN5. The summed E-state index contributed by atoms with van der Waals surface area (Å²) in [6.07, 6.45) is 1.64. The first-order chi connectivity index (χ1) is 12.6. The number of hydrogen-bond donors (Lipinski definition) is 0. The molecular weight excluding hydrogens is 376 g/mol. The Morgan fingerprint density at radius 3 is 2.65 bits per heavy atom. The average molecular weight is 386 g/mol. The van der Waals surface area contributed by atoms with E-state index in [0.717, 1.165) is 0 Å². The van der Waals surface area contributed by atoms with Gasteiger partial charge < -0.3 is 0 Å². The largest absolute Gasteiger partial charge is 0.253 e. The minimum atomic E-state index is -0.453. The van der Waals surface area contributed by atoms with E-state index in [1.165, 1.54) is 16.9 Å². The number of benzene rings is 2. The Bertz CT molecular complexity index is 1080. The van der Waals surface area contributed by atoms with Crippen molar-refractivity contribution in [3.05, 3.63) is 76.7 Å². The average Bonchev–Trinajstić information content (AvgIpc) is 3.14. The molecule has 0 aliphatic rings. The van der Waals surface area contributed by atoms with Crippen LogP contribution in [0.15, 0.2) is 60.8 Å². The van der Waals surface area contributed by atoms with Crippen molar-refractivity contribution in [3.63, 3.8) is 0 Å². The van der Waals surface area contributed by atoms with Crippen LogP contribution in [0.1, 0.15) is 0 Å². The second-order valence-corrected chi connectivity index (χ2v) is 6.20. The highest BCUT2D eigenvalue weighted by Crippen LogP contribution is 2.34. The normalized spacial score (nSPS) is 10.9. The third-order valence-electron chi connectivity index (χ3n) is 3.68. The van der Waals surface area contributed by atoms with E-state index in [1.54, 1.807) is 42.6 Å². The summed E-state index contributed by atoms with van der Waals surface area (Å²) >= 11 is 12.3. The van der Waals surface area contributed by atoms with E-state index < -0.39 is 5.82 Å². The zero-order valence-electron chi connectivity index (χ0n) is 13.1. The minimum Gasteiger partial charge on any atom is -0.253 e. The van der Waals surface area contributed by atoms with Crippen LogP contribution in [0.25, 0.3) is 28.3 Å². The maximum atomic E-state index is 14.2. The quantitative estimate of drug-likeness (QED) is 0.506. The molecule has 0 atom stereocenters. The molecule has 4 rings (SSSR count). The maximum Gasteiger partial charge on any atom is 0.223 e. The summed E-state index contributed by atoms with van der Waals surface area (Å²) in [6, 6.07) is 15.0. The summed E-state index contributed by atoms with van der Waals surface area (Å²) in [7, 11) is 0. The summed E-state index contributed by atoms with van der Waals surface area (Å²) in [6.45, 7) is 0. The van der Waals surface area contributed by atoms with E-state index in [2.05, 4.69) is 20.4 Å². The zero-order valence-corrected chi connectivity index (χ0v) is 14.7. The molecule has 26 heavy (non-hydrogen) atoms. The fourth-order valence-corrected chi connectivity index (χ4v) is 2.90. The third-order valence-corrected chi connectivity index (χ3v) is 4.50. The zero-order chi connectivity index (χ0) is 18.1. The summed E-state index contributed by atoms with van der Waals surface area (Å²) in [4.78, 5) is 5.42. The Balaban J connectivity index is 1.78. The van der Waals surface area contributed by atoms with Crippen molar-refractivity contribution in [1.82, 2.24) is 25.2 Å². The van der Waals surface area contributed by atoms with Crippen molar-refractivity contribution < 1.29 is 4.39 Å². The first-order valence-corrected chi connectivity index (χ1v) is 8.34. The lowest BCUT2D eigenvalue weighted by molar-refractivity contribution is 0.621. The molecule has 0 radical (unpaired) electrons. The SMILES string of the molecule is Fc1cc(-c2cccc(Cl)c2Cl)cc(-n2nnc(-c3ccccn3)n2)c1. The standard InChI is InChI=1S/C18H10Cl2FN5/c19-15-5-3-4-14(17(15)20)11-8-12(21)10-13(9-11)26-24-18(23-25-26)16-6-1-2-7-22-16/h1-10H. The number of nitrogens with zero attached hydrogens (tertiary/aromatic N) is 5. The van der Waals surface area contributed by atoms with Gasteiger partial charge in [0.25, 0.3) is 0 Å². The molecule has 0 bridgehead atoms. The monoisotopic (exact) mass is 385 g/mol. The molecule has 8 heteroatoms. The molecule has 0 saturated heterocycles. The molecule has 0 amide bonds. The van der Waals surface area contributed by atoms with Gasteiger partial charge in [0.15, 0.2) is 0 Å². The Kier molecular flexibility index (Phi) is 4.36. The molecule has 0 aliphatic carbocycles. The Morgan fingerprint density at radius 1 is 0.962 bits per heavy atom. The van der Waals surface area contributed by atoms with Crippen LogP contribution in [0.2, 0.25) is 10.0 Å². The van der Waals surface area contributed by atoms with Crippen molar-refractivity contribution >= 4 is 23.2 Å². The fourth-order valence-electron chi connectivity index (χ4n) is 2.49. The molecule has 2 aromatic heterocycles. The predicted octanol–water partition coefficient (Wildman–Crippen LogP) is 4.84. The van der Waals surface area contributed by atoms with Gasteiger partial charge in [0, 0.05) is 17.8 Å². The van der Waals surface area contributed by atoms with Crippen LogP contribution in [0, 0.1) is 5.82 Å². The van der Waals surface area contributed by atoms with Crippen LogP contribution in [-0.4, -0.2) is 25.2 Å². The molecule has 0 aliphatic heterocycles. The highest BCUT2D eigenvalue weighted by atomic mass is 35.5. The van der Waals surface area contributed by atoms with Gasteiger partial charge in [-0.25, -0.2) is 4.39 Å². The lowest BCUT2D eigenvalue weighted by atomic mass is 10.0. The molecule has 0 unspecified atom stereocenters. The van der Waals surface area contributed by atoms with Crippen LogP contribution >= 0.6 is 23.2 Å². The Labute approximate surface area is 158 Å². The van der Waals surface area contributed by atoms with Crippen molar-refractivity contribution in [2.24, 2.45) is 0 Å². The highest BCUT2D eigenvalue weighted by Gasteiger charge is 2.13. The van der Waals surface area contributed by atoms with Crippen LogP contribution < -0.4 is 0 Å². The van der Waals surface area contributed by atoms with E-state index in [1.807, 2.05) is 6.07 Å². The molecule has 2 heterocycles. The topological polar surface area (TPSA) is 56.5 Å². The van der Waals surface area contributed by atoms with Gasteiger partial charge in [-0.1, -0.05) is 41.4 Å². The molecule has 5 nitrogen and oxygen atoms in total. The number of hydrogen-bond acceptors (Lipinski definition) is 4. The number of rotatable bonds is 3. The van der Waals surface area contributed by atoms with E-state index in [9.17, 15) is 4.39 Å². The van der Waals surface area contributed by atoms with Crippen molar-refractivity contribution in [3.8, 4) is 28.3 Å².